The summed E-state index contributed by atoms with van der Waals surface area (Å²) >= 11 is 6.06. The van der Waals surface area contributed by atoms with Gasteiger partial charge in [0.2, 0.25) is 0 Å². The van der Waals surface area contributed by atoms with Crippen molar-refractivity contribution in [2.75, 3.05) is 0 Å². The number of rotatable bonds is 2. The Balaban J connectivity index is 1.86. The quantitative estimate of drug-likeness (QED) is 0.416. The SMILES string of the molecule is Fc1ccc(-c2cccc(Cl)c2)cc1-c1ccc2ccccc2n1. The second kappa shape index (κ2) is 6.06. The Morgan fingerprint density at radius 3 is 2.46 bits per heavy atom. The molecule has 0 aliphatic rings. The monoisotopic (exact) mass is 333 g/mol. The third kappa shape index (κ3) is 2.77. The van der Waals surface area contributed by atoms with E-state index in [0.29, 0.717) is 16.3 Å². The first kappa shape index (κ1) is 14.9. The minimum atomic E-state index is -0.288. The summed E-state index contributed by atoms with van der Waals surface area (Å²) in [6.07, 6.45) is 0. The lowest BCUT2D eigenvalue weighted by Crippen LogP contribution is -1.90. The molecule has 3 aromatic carbocycles. The van der Waals surface area contributed by atoms with Crippen LogP contribution in [-0.2, 0) is 0 Å². The minimum Gasteiger partial charge on any atom is -0.248 e. The standard InChI is InChI=1S/C21H13ClFN/c22-17-6-3-5-15(12-17)16-8-10-19(23)18(13-16)21-11-9-14-4-1-2-7-20(14)24-21/h1-13H. The van der Waals surface area contributed by atoms with Crippen LogP contribution < -0.4 is 0 Å². The van der Waals surface area contributed by atoms with Gasteiger partial charge < -0.3 is 0 Å². The number of aromatic nitrogens is 1. The van der Waals surface area contributed by atoms with Crippen molar-refractivity contribution in [2.24, 2.45) is 0 Å². The predicted molar refractivity (Wildman–Crippen MR) is 97.6 cm³/mol. The minimum absolute atomic E-state index is 0.288. The van der Waals surface area contributed by atoms with Crippen LogP contribution in [0.4, 0.5) is 4.39 Å². The first-order chi connectivity index (χ1) is 11.7. The molecule has 0 aliphatic carbocycles. The van der Waals surface area contributed by atoms with Gasteiger partial charge in [0.15, 0.2) is 0 Å². The Labute approximate surface area is 144 Å². The highest BCUT2D eigenvalue weighted by Crippen LogP contribution is 2.30. The highest BCUT2D eigenvalue weighted by Gasteiger charge is 2.10. The summed E-state index contributed by atoms with van der Waals surface area (Å²) in [5.41, 5.74) is 3.81. The molecule has 4 aromatic rings. The topological polar surface area (TPSA) is 12.9 Å². The molecule has 0 N–H and O–H groups in total. The van der Waals surface area contributed by atoms with Crippen molar-refractivity contribution < 1.29 is 4.39 Å². The molecule has 0 saturated carbocycles. The highest BCUT2D eigenvalue weighted by molar-refractivity contribution is 6.30. The molecule has 0 unspecified atom stereocenters. The first-order valence-electron chi connectivity index (χ1n) is 7.62. The molecule has 4 rings (SSSR count). The molecule has 0 bridgehead atoms. The fourth-order valence-corrected chi connectivity index (χ4v) is 2.98. The maximum absolute atomic E-state index is 14.4. The highest BCUT2D eigenvalue weighted by atomic mass is 35.5. The Morgan fingerprint density at radius 1 is 0.750 bits per heavy atom. The largest absolute Gasteiger partial charge is 0.248 e. The Hall–Kier alpha value is -2.71. The van der Waals surface area contributed by atoms with Crippen LogP contribution in [0.25, 0.3) is 33.3 Å². The van der Waals surface area contributed by atoms with Crippen LogP contribution in [0.5, 0.6) is 0 Å². The third-order valence-electron chi connectivity index (χ3n) is 4.00. The van der Waals surface area contributed by atoms with E-state index in [9.17, 15) is 4.39 Å². The second-order valence-corrected chi connectivity index (χ2v) is 6.03. The molecule has 3 heteroatoms. The van der Waals surface area contributed by atoms with Crippen LogP contribution in [0.2, 0.25) is 5.02 Å². The van der Waals surface area contributed by atoms with Crippen molar-refractivity contribution in [1.29, 1.82) is 0 Å². The zero-order chi connectivity index (χ0) is 16.5. The smallest absolute Gasteiger partial charge is 0.132 e. The molecular weight excluding hydrogens is 321 g/mol. The molecule has 0 spiro atoms. The molecule has 0 amide bonds. The lowest BCUT2D eigenvalue weighted by molar-refractivity contribution is 0.631. The molecule has 0 aliphatic heterocycles. The van der Waals surface area contributed by atoms with Gasteiger partial charge in [-0.3, -0.25) is 0 Å². The van der Waals surface area contributed by atoms with E-state index in [0.717, 1.165) is 22.0 Å². The molecule has 1 aromatic heterocycles. The molecule has 24 heavy (non-hydrogen) atoms. The molecule has 0 radical (unpaired) electrons. The first-order valence-corrected chi connectivity index (χ1v) is 8.00. The number of halogens is 2. The van der Waals surface area contributed by atoms with Crippen molar-refractivity contribution in [2.45, 2.75) is 0 Å². The van der Waals surface area contributed by atoms with Crippen molar-refractivity contribution in [3.05, 3.63) is 89.7 Å². The van der Waals surface area contributed by atoms with Gasteiger partial charge in [-0.2, -0.15) is 0 Å². The van der Waals surface area contributed by atoms with Gasteiger partial charge in [-0.1, -0.05) is 54.1 Å². The van der Waals surface area contributed by atoms with Crippen LogP contribution in [0, 0.1) is 5.82 Å². The number of nitrogens with zero attached hydrogens (tertiary/aromatic N) is 1. The number of hydrogen-bond donors (Lipinski definition) is 0. The van der Waals surface area contributed by atoms with E-state index in [1.807, 2.05) is 66.7 Å². The van der Waals surface area contributed by atoms with Crippen molar-refractivity contribution in [3.8, 4) is 22.4 Å². The van der Waals surface area contributed by atoms with Gasteiger partial charge >= 0.3 is 0 Å². The summed E-state index contributed by atoms with van der Waals surface area (Å²) in [4.78, 5) is 4.59. The van der Waals surface area contributed by atoms with Crippen LogP contribution in [-0.4, -0.2) is 4.98 Å². The molecular formula is C21H13ClFN. The molecule has 1 nitrogen and oxygen atoms in total. The molecule has 0 atom stereocenters. The van der Waals surface area contributed by atoms with Crippen molar-refractivity contribution >= 4 is 22.5 Å². The van der Waals surface area contributed by atoms with E-state index in [4.69, 9.17) is 11.6 Å². The third-order valence-corrected chi connectivity index (χ3v) is 4.23. The summed E-state index contributed by atoms with van der Waals surface area (Å²) in [5.74, 6) is -0.288. The van der Waals surface area contributed by atoms with E-state index in [1.54, 1.807) is 6.07 Å². The molecule has 116 valence electrons. The summed E-state index contributed by atoms with van der Waals surface area (Å²) in [7, 11) is 0. The molecule has 0 saturated heterocycles. The summed E-state index contributed by atoms with van der Waals surface area (Å²) < 4.78 is 14.4. The molecule has 0 fully saturated rings. The van der Waals surface area contributed by atoms with Crippen molar-refractivity contribution in [3.63, 3.8) is 0 Å². The van der Waals surface area contributed by atoms with Gasteiger partial charge in [-0.15, -0.1) is 0 Å². The number of benzene rings is 3. The van der Waals surface area contributed by atoms with E-state index in [-0.39, 0.29) is 5.82 Å². The van der Waals surface area contributed by atoms with Gasteiger partial charge in [0.25, 0.3) is 0 Å². The lowest BCUT2D eigenvalue weighted by atomic mass is 10.0. The average molecular weight is 334 g/mol. The van der Waals surface area contributed by atoms with Crippen LogP contribution in [0.15, 0.2) is 78.9 Å². The molecule has 1 heterocycles. The number of pyridine rings is 1. The Kier molecular flexibility index (Phi) is 3.75. The summed E-state index contributed by atoms with van der Waals surface area (Å²) in [5, 5.41) is 1.69. The average Bonchev–Trinajstić information content (AvgIpc) is 2.62. The van der Waals surface area contributed by atoms with Gasteiger partial charge in [-0.25, -0.2) is 9.37 Å². The van der Waals surface area contributed by atoms with E-state index < -0.39 is 0 Å². The Morgan fingerprint density at radius 2 is 1.58 bits per heavy atom. The number of hydrogen-bond acceptors (Lipinski definition) is 1. The summed E-state index contributed by atoms with van der Waals surface area (Å²) in [6.45, 7) is 0. The number of fused-ring (bicyclic) bond motifs is 1. The Bertz CT molecular complexity index is 1040. The van der Waals surface area contributed by atoms with Crippen LogP contribution >= 0.6 is 11.6 Å². The van der Waals surface area contributed by atoms with E-state index in [2.05, 4.69) is 4.98 Å². The van der Waals surface area contributed by atoms with Gasteiger partial charge in [0.1, 0.15) is 5.82 Å². The van der Waals surface area contributed by atoms with Gasteiger partial charge in [-0.05, 0) is 47.5 Å². The maximum atomic E-state index is 14.4. The van der Waals surface area contributed by atoms with Crippen LogP contribution in [0.1, 0.15) is 0 Å². The van der Waals surface area contributed by atoms with Crippen molar-refractivity contribution in [1.82, 2.24) is 4.98 Å². The number of para-hydroxylation sites is 1. The van der Waals surface area contributed by atoms with Gasteiger partial charge in [0.05, 0.1) is 11.2 Å². The zero-order valence-electron chi connectivity index (χ0n) is 12.7. The van der Waals surface area contributed by atoms with E-state index >= 15 is 0 Å². The van der Waals surface area contributed by atoms with E-state index in [1.165, 1.54) is 6.07 Å². The summed E-state index contributed by atoms with van der Waals surface area (Å²) in [6, 6.07) is 24.2. The fraction of sp³-hybridized carbons (Fsp3) is 0. The predicted octanol–water partition coefficient (Wildman–Crippen LogP) is 6.36. The second-order valence-electron chi connectivity index (χ2n) is 5.59. The normalized spacial score (nSPS) is 10.9. The zero-order valence-corrected chi connectivity index (χ0v) is 13.5. The maximum Gasteiger partial charge on any atom is 0.132 e. The van der Waals surface area contributed by atoms with Crippen LogP contribution in [0.3, 0.4) is 0 Å². The van der Waals surface area contributed by atoms with Gasteiger partial charge in [0, 0.05) is 16.0 Å². The lowest BCUT2D eigenvalue weighted by Gasteiger charge is -2.08. The fourth-order valence-electron chi connectivity index (χ4n) is 2.79.